The van der Waals surface area contributed by atoms with Crippen LogP contribution in [0.1, 0.15) is 56.6 Å². The lowest BCUT2D eigenvalue weighted by Gasteiger charge is -2.26. The molecule has 1 aromatic carbocycles. The molecule has 1 aromatic rings. The van der Waals surface area contributed by atoms with Crippen molar-refractivity contribution >= 4 is 21.8 Å². The molecule has 128 valence electrons. The average molecular weight is 383 g/mol. The van der Waals surface area contributed by atoms with E-state index in [4.69, 9.17) is 10.5 Å². The van der Waals surface area contributed by atoms with E-state index in [1.165, 1.54) is 0 Å². The molecule has 2 N–H and O–H groups in total. The lowest BCUT2D eigenvalue weighted by Crippen LogP contribution is -2.30. The largest absolute Gasteiger partial charge is 0.496 e. The second-order valence-corrected chi connectivity index (χ2v) is 7.00. The number of ether oxygens (including phenoxy) is 1. The Kier molecular flexibility index (Phi) is 7.37. The molecule has 1 amide bonds. The summed E-state index contributed by atoms with van der Waals surface area (Å²) in [6, 6.07) is 6.16. The van der Waals surface area contributed by atoms with Crippen molar-refractivity contribution in [3.05, 3.63) is 28.2 Å². The van der Waals surface area contributed by atoms with Crippen molar-refractivity contribution in [1.82, 2.24) is 4.90 Å². The number of nitrogens with two attached hydrogens (primary N) is 1. The third-order valence-electron chi connectivity index (χ3n) is 4.47. The van der Waals surface area contributed by atoms with Crippen molar-refractivity contribution in [2.24, 2.45) is 5.73 Å². The molecule has 4 nitrogen and oxygen atoms in total. The van der Waals surface area contributed by atoms with Crippen LogP contribution in [-0.4, -0.2) is 31.0 Å². The summed E-state index contributed by atoms with van der Waals surface area (Å²) in [6.07, 6.45) is 6.91. The molecule has 0 bridgehead atoms. The summed E-state index contributed by atoms with van der Waals surface area (Å²) in [6.45, 7) is 1.59. The fourth-order valence-corrected chi connectivity index (χ4v) is 3.65. The first-order valence-corrected chi connectivity index (χ1v) is 9.29. The molecule has 1 unspecified atom stereocenters. The predicted octanol–water partition coefficient (Wildman–Crippen LogP) is 4.03. The van der Waals surface area contributed by atoms with Gasteiger partial charge in [-0.1, -0.05) is 28.8 Å². The van der Waals surface area contributed by atoms with E-state index < -0.39 is 0 Å². The zero-order valence-electron chi connectivity index (χ0n) is 13.9. The van der Waals surface area contributed by atoms with Crippen molar-refractivity contribution < 1.29 is 9.53 Å². The first-order chi connectivity index (χ1) is 11.2. The highest BCUT2D eigenvalue weighted by molar-refractivity contribution is 9.10. The fraction of sp³-hybridized carbons (Fsp3) is 0.611. The lowest BCUT2D eigenvalue weighted by molar-refractivity contribution is -0.132. The smallest absolute Gasteiger partial charge is 0.223 e. The Bertz CT molecular complexity index is 522. The molecule has 0 aliphatic carbocycles. The molecule has 1 aliphatic rings. The van der Waals surface area contributed by atoms with Gasteiger partial charge >= 0.3 is 0 Å². The SMILES string of the molecule is COc1ccc(Br)cc1C1CCCN1C(=O)CCCCCCN. The number of benzene rings is 1. The third-order valence-corrected chi connectivity index (χ3v) is 4.96. The quantitative estimate of drug-likeness (QED) is 0.690. The number of halogens is 1. The van der Waals surface area contributed by atoms with Crippen molar-refractivity contribution in [3.63, 3.8) is 0 Å². The van der Waals surface area contributed by atoms with Gasteiger partial charge in [0.2, 0.25) is 5.91 Å². The van der Waals surface area contributed by atoms with Crippen molar-refractivity contribution in [3.8, 4) is 5.75 Å². The molecular formula is C18H27BrN2O2. The summed E-state index contributed by atoms with van der Waals surface area (Å²) in [5.41, 5.74) is 6.61. The number of unbranched alkanes of at least 4 members (excludes halogenated alkanes) is 3. The van der Waals surface area contributed by atoms with Gasteiger partial charge < -0.3 is 15.4 Å². The van der Waals surface area contributed by atoms with E-state index in [0.717, 1.165) is 67.4 Å². The Hall–Kier alpha value is -1.07. The van der Waals surface area contributed by atoms with Crippen LogP contribution in [-0.2, 0) is 4.79 Å². The minimum atomic E-state index is 0.138. The maximum Gasteiger partial charge on any atom is 0.223 e. The zero-order chi connectivity index (χ0) is 16.7. The summed E-state index contributed by atoms with van der Waals surface area (Å²) in [5, 5.41) is 0. The number of carbonyl (C=O) groups is 1. The van der Waals surface area contributed by atoms with Crippen LogP contribution in [0.25, 0.3) is 0 Å². The topological polar surface area (TPSA) is 55.6 Å². The van der Waals surface area contributed by atoms with Gasteiger partial charge in [-0.15, -0.1) is 0 Å². The summed E-state index contributed by atoms with van der Waals surface area (Å²) in [4.78, 5) is 14.6. The van der Waals surface area contributed by atoms with Gasteiger partial charge in [-0.25, -0.2) is 0 Å². The molecule has 1 heterocycles. The van der Waals surface area contributed by atoms with Crippen LogP contribution in [0.2, 0.25) is 0 Å². The number of rotatable bonds is 8. The molecule has 0 radical (unpaired) electrons. The Morgan fingerprint density at radius 3 is 2.87 bits per heavy atom. The van der Waals surface area contributed by atoms with Crippen LogP contribution < -0.4 is 10.5 Å². The highest BCUT2D eigenvalue weighted by Gasteiger charge is 2.31. The molecule has 0 spiro atoms. The molecule has 2 rings (SSSR count). The highest BCUT2D eigenvalue weighted by Crippen LogP contribution is 2.38. The van der Waals surface area contributed by atoms with E-state index in [1.54, 1.807) is 7.11 Å². The van der Waals surface area contributed by atoms with E-state index in [2.05, 4.69) is 22.0 Å². The number of amides is 1. The van der Waals surface area contributed by atoms with Crippen molar-refractivity contribution in [2.45, 2.75) is 51.0 Å². The number of nitrogens with zero attached hydrogens (tertiary/aromatic N) is 1. The van der Waals surface area contributed by atoms with Crippen molar-refractivity contribution in [2.75, 3.05) is 20.2 Å². The Balaban J connectivity index is 1.99. The molecule has 0 aromatic heterocycles. The van der Waals surface area contributed by atoms with Gasteiger partial charge in [0.15, 0.2) is 0 Å². The highest BCUT2D eigenvalue weighted by atomic mass is 79.9. The number of hydrogen-bond donors (Lipinski definition) is 1. The first-order valence-electron chi connectivity index (χ1n) is 8.50. The van der Waals surface area contributed by atoms with Gasteiger partial charge in [-0.05, 0) is 50.4 Å². The van der Waals surface area contributed by atoms with E-state index in [0.29, 0.717) is 6.42 Å². The maximum absolute atomic E-state index is 12.6. The second-order valence-electron chi connectivity index (χ2n) is 6.08. The number of likely N-dealkylation sites (tertiary alicyclic amines) is 1. The van der Waals surface area contributed by atoms with E-state index in [1.807, 2.05) is 17.0 Å². The van der Waals surface area contributed by atoms with Crippen molar-refractivity contribution in [1.29, 1.82) is 0 Å². The van der Waals surface area contributed by atoms with E-state index >= 15 is 0 Å². The van der Waals surface area contributed by atoms with Crippen LogP contribution in [0.5, 0.6) is 5.75 Å². The van der Waals surface area contributed by atoms with Gasteiger partial charge in [-0.3, -0.25) is 4.79 Å². The molecular weight excluding hydrogens is 356 g/mol. The standard InChI is InChI=1S/C18H27BrN2O2/c1-23-17-10-9-14(19)13-15(17)16-7-6-12-21(16)18(22)8-4-2-3-5-11-20/h9-10,13,16H,2-8,11-12,20H2,1H3. The molecule has 1 saturated heterocycles. The van der Waals surface area contributed by atoms with Gasteiger partial charge in [0.25, 0.3) is 0 Å². The molecule has 0 saturated carbocycles. The summed E-state index contributed by atoms with van der Waals surface area (Å²) >= 11 is 3.53. The van der Waals surface area contributed by atoms with E-state index in [9.17, 15) is 4.79 Å². The molecule has 1 fully saturated rings. The summed E-state index contributed by atoms with van der Waals surface area (Å²) < 4.78 is 6.52. The Labute approximate surface area is 147 Å². The molecule has 23 heavy (non-hydrogen) atoms. The van der Waals surface area contributed by atoms with Crippen LogP contribution in [0.3, 0.4) is 0 Å². The normalized spacial score (nSPS) is 17.5. The molecule has 5 heteroatoms. The Morgan fingerprint density at radius 2 is 2.13 bits per heavy atom. The minimum Gasteiger partial charge on any atom is -0.496 e. The van der Waals surface area contributed by atoms with Gasteiger partial charge in [0.1, 0.15) is 5.75 Å². The summed E-state index contributed by atoms with van der Waals surface area (Å²) in [7, 11) is 1.69. The maximum atomic E-state index is 12.6. The van der Waals surface area contributed by atoms with Gasteiger partial charge in [0.05, 0.1) is 13.2 Å². The fourth-order valence-electron chi connectivity index (χ4n) is 3.27. The number of carbonyl (C=O) groups excluding carboxylic acids is 1. The van der Waals surface area contributed by atoms with Gasteiger partial charge in [-0.2, -0.15) is 0 Å². The lowest BCUT2D eigenvalue weighted by atomic mass is 10.0. The number of methoxy groups -OCH3 is 1. The zero-order valence-corrected chi connectivity index (χ0v) is 15.5. The van der Waals surface area contributed by atoms with E-state index in [-0.39, 0.29) is 11.9 Å². The number of hydrogen-bond acceptors (Lipinski definition) is 3. The summed E-state index contributed by atoms with van der Waals surface area (Å²) in [5.74, 6) is 1.13. The monoisotopic (exact) mass is 382 g/mol. The van der Waals surface area contributed by atoms with Gasteiger partial charge in [0, 0.05) is 23.0 Å². The molecule has 1 aliphatic heterocycles. The van der Waals surface area contributed by atoms with Crippen LogP contribution in [0, 0.1) is 0 Å². The molecule has 1 atom stereocenters. The minimum absolute atomic E-state index is 0.138. The second kappa shape index (κ2) is 9.28. The Morgan fingerprint density at radius 1 is 1.35 bits per heavy atom. The predicted molar refractivity (Wildman–Crippen MR) is 96.5 cm³/mol. The third kappa shape index (κ3) is 4.95. The van der Waals surface area contributed by atoms with Crippen LogP contribution in [0.4, 0.5) is 0 Å². The van der Waals surface area contributed by atoms with Crippen LogP contribution in [0.15, 0.2) is 22.7 Å². The average Bonchev–Trinajstić information content (AvgIpc) is 3.04. The first kappa shape index (κ1) is 18.3. The van der Waals surface area contributed by atoms with Crippen LogP contribution >= 0.6 is 15.9 Å².